The molecule has 0 bridgehead atoms. The fraction of sp³-hybridized carbons (Fsp3) is 0.143. The first-order chi connectivity index (χ1) is 9.08. The molecule has 0 unspecified atom stereocenters. The third-order valence-corrected chi connectivity index (χ3v) is 2.78. The maximum atomic E-state index is 11.8. The second-order valence-electron chi connectivity index (χ2n) is 4.22. The average molecular weight is 258 g/mol. The molecule has 2 rings (SSSR count). The molecule has 19 heavy (non-hydrogen) atoms. The molecule has 4 N–H and O–H groups in total. The number of carboxylic acids is 1. The molecule has 2 aromatic carbocycles. The predicted octanol–water partition coefficient (Wildman–Crippen LogP) is 1.58. The van der Waals surface area contributed by atoms with E-state index in [1.807, 2.05) is 36.4 Å². The minimum absolute atomic E-state index is 0.392. The van der Waals surface area contributed by atoms with Gasteiger partial charge in [-0.05, 0) is 11.5 Å². The van der Waals surface area contributed by atoms with E-state index in [0.717, 1.165) is 10.8 Å². The molecule has 1 amide bonds. The van der Waals surface area contributed by atoms with Crippen LogP contribution in [0.3, 0.4) is 0 Å². The zero-order valence-corrected chi connectivity index (χ0v) is 10.2. The lowest BCUT2D eigenvalue weighted by atomic mass is 10.1. The summed E-state index contributed by atoms with van der Waals surface area (Å²) in [5.74, 6) is -1.60. The number of hydrogen-bond acceptors (Lipinski definition) is 3. The number of amides is 1. The highest BCUT2D eigenvalue weighted by Crippen LogP contribution is 2.22. The molecule has 0 radical (unpaired) electrons. The molecule has 0 heterocycles. The summed E-state index contributed by atoms with van der Waals surface area (Å²) in [5.41, 5.74) is 6.15. The standard InChI is InChI=1S/C14H14N2O3/c15-11(8-13(17)18)14(19)16-12-7-3-5-9-4-1-2-6-10(9)12/h1-7,11H,8,15H2,(H,16,19)(H,17,18)/t11-/m0/s1. The van der Waals surface area contributed by atoms with Crippen molar-refractivity contribution < 1.29 is 14.7 Å². The SMILES string of the molecule is N[C@@H](CC(=O)O)C(=O)Nc1cccc2ccccc12. The van der Waals surface area contributed by atoms with Gasteiger partial charge in [-0.2, -0.15) is 0 Å². The highest BCUT2D eigenvalue weighted by atomic mass is 16.4. The van der Waals surface area contributed by atoms with Crippen LogP contribution in [0.1, 0.15) is 6.42 Å². The second-order valence-corrected chi connectivity index (χ2v) is 4.22. The van der Waals surface area contributed by atoms with E-state index < -0.39 is 24.3 Å². The number of hydrogen-bond donors (Lipinski definition) is 3. The van der Waals surface area contributed by atoms with Crippen LogP contribution in [0, 0.1) is 0 Å². The molecule has 0 aliphatic rings. The number of fused-ring (bicyclic) bond motifs is 1. The highest BCUT2D eigenvalue weighted by molar-refractivity contribution is 6.04. The maximum Gasteiger partial charge on any atom is 0.305 e. The van der Waals surface area contributed by atoms with Crippen LogP contribution in [-0.4, -0.2) is 23.0 Å². The predicted molar refractivity (Wildman–Crippen MR) is 72.8 cm³/mol. The van der Waals surface area contributed by atoms with Gasteiger partial charge in [-0.1, -0.05) is 36.4 Å². The minimum Gasteiger partial charge on any atom is -0.481 e. The van der Waals surface area contributed by atoms with E-state index in [9.17, 15) is 9.59 Å². The number of nitrogens with two attached hydrogens (primary N) is 1. The fourth-order valence-electron chi connectivity index (χ4n) is 1.84. The molecule has 0 saturated heterocycles. The first-order valence-electron chi connectivity index (χ1n) is 5.84. The minimum atomic E-state index is -1.10. The number of aliphatic carboxylic acids is 1. The van der Waals surface area contributed by atoms with Crippen LogP contribution >= 0.6 is 0 Å². The van der Waals surface area contributed by atoms with Crippen molar-refractivity contribution in [3.05, 3.63) is 42.5 Å². The van der Waals surface area contributed by atoms with E-state index in [0.29, 0.717) is 5.69 Å². The van der Waals surface area contributed by atoms with Gasteiger partial charge in [0.2, 0.25) is 5.91 Å². The van der Waals surface area contributed by atoms with E-state index in [-0.39, 0.29) is 0 Å². The molecule has 5 heteroatoms. The summed E-state index contributed by atoms with van der Waals surface area (Å²) in [7, 11) is 0. The summed E-state index contributed by atoms with van der Waals surface area (Å²) >= 11 is 0. The molecule has 98 valence electrons. The molecule has 0 fully saturated rings. The number of carboxylic acid groups (broad SMARTS) is 1. The van der Waals surface area contributed by atoms with Crippen LogP contribution in [0.2, 0.25) is 0 Å². The van der Waals surface area contributed by atoms with Gasteiger partial charge in [0.15, 0.2) is 0 Å². The Morgan fingerprint density at radius 2 is 1.84 bits per heavy atom. The van der Waals surface area contributed by atoms with Gasteiger partial charge in [0.1, 0.15) is 0 Å². The monoisotopic (exact) mass is 258 g/mol. The second kappa shape index (κ2) is 5.49. The van der Waals surface area contributed by atoms with Crippen LogP contribution in [0.15, 0.2) is 42.5 Å². The topological polar surface area (TPSA) is 92.4 Å². The lowest BCUT2D eigenvalue weighted by molar-refractivity contribution is -0.138. The largest absolute Gasteiger partial charge is 0.481 e. The first-order valence-corrected chi connectivity index (χ1v) is 5.84. The molecule has 0 aromatic heterocycles. The summed E-state index contributed by atoms with van der Waals surface area (Å²) in [4.78, 5) is 22.3. The number of rotatable bonds is 4. The van der Waals surface area contributed by atoms with Crippen molar-refractivity contribution in [2.75, 3.05) is 5.32 Å². The van der Waals surface area contributed by atoms with Gasteiger partial charge in [-0.25, -0.2) is 0 Å². The van der Waals surface area contributed by atoms with Gasteiger partial charge in [0.05, 0.1) is 12.5 Å². The summed E-state index contributed by atoms with van der Waals surface area (Å²) in [6, 6.07) is 12.0. The first kappa shape index (κ1) is 13.0. The quantitative estimate of drug-likeness (QED) is 0.776. The Hall–Kier alpha value is -2.40. The Morgan fingerprint density at radius 3 is 2.58 bits per heavy atom. The van der Waals surface area contributed by atoms with E-state index >= 15 is 0 Å². The van der Waals surface area contributed by atoms with Crippen LogP contribution < -0.4 is 11.1 Å². The van der Waals surface area contributed by atoms with Crippen molar-refractivity contribution in [2.45, 2.75) is 12.5 Å². The summed E-state index contributed by atoms with van der Waals surface area (Å²) in [6.07, 6.45) is -0.392. The summed E-state index contributed by atoms with van der Waals surface area (Å²) < 4.78 is 0. The van der Waals surface area contributed by atoms with E-state index in [2.05, 4.69) is 5.32 Å². The van der Waals surface area contributed by atoms with Crippen molar-refractivity contribution in [1.82, 2.24) is 0 Å². The van der Waals surface area contributed by atoms with Crippen molar-refractivity contribution in [3.8, 4) is 0 Å². The Labute approximate surface area is 110 Å². The third kappa shape index (κ3) is 3.08. The Kier molecular flexibility index (Phi) is 3.77. The maximum absolute atomic E-state index is 11.8. The lowest BCUT2D eigenvalue weighted by Crippen LogP contribution is -2.37. The van der Waals surface area contributed by atoms with Gasteiger partial charge in [-0.15, -0.1) is 0 Å². The van der Waals surface area contributed by atoms with Gasteiger partial charge in [-0.3, -0.25) is 9.59 Å². The zero-order chi connectivity index (χ0) is 13.8. The lowest BCUT2D eigenvalue weighted by Gasteiger charge is -2.12. The Balaban J connectivity index is 2.22. The molecule has 2 aromatic rings. The van der Waals surface area contributed by atoms with Gasteiger partial charge >= 0.3 is 5.97 Å². The van der Waals surface area contributed by atoms with Crippen molar-refractivity contribution in [2.24, 2.45) is 5.73 Å². The van der Waals surface area contributed by atoms with Gasteiger partial charge in [0.25, 0.3) is 0 Å². The Bertz CT molecular complexity index is 620. The molecule has 0 aliphatic heterocycles. The van der Waals surface area contributed by atoms with Crippen LogP contribution in [0.25, 0.3) is 10.8 Å². The third-order valence-electron chi connectivity index (χ3n) is 2.78. The summed E-state index contributed by atoms with van der Waals surface area (Å²) in [5, 5.41) is 13.2. The fourth-order valence-corrected chi connectivity index (χ4v) is 1.84. The van der Waals surface area contributed by atoms with Gasteiger partial charge < -0.3 is 16.2 Å². The normalized spacial score (nSPS) is 12.1. The summed E-state index contributed by atoms with van der Waals surface area (Å²) in [6.45, 7) is 0. The number of benzene rings is 2. The van der Waals surface area contributed by atoms with Crippen molar-refractivity contribution in [1.29, 1.82) is 0 Å². The molecule has 5 nitrogen and oxygen atoms in total. The zero-order valence-electron chi connectivity index (χ0n) is 10.2. The molecule has 0 spiro atoms. The van der Waals surface area contributed by atoms with E-state index in [4.69, 9.17) is 10.8 Å². The molecular formula is C14H14N2O3. The number of anilines is 1. The Morgan fingerprint density at radius 1 is 1.16 bits per heavy atom. The number of carbonyl (C=O) groups excluding carboxylic acids is 1. The highest BCUT2D eigenvalue weighted by Gasteiger charge is 2.17. The van der Waals surface area contributed by atoms with E-state index in [1.165, 1.54) is 0 Å². The van der Waals surface area contributed by atoms with Gasteiger partial charge in [0, 0.05) is 11.1 Å². The van der Waals surface area contributed by atoms with Crippen molar-refractivity contribution in [3.63, 3.8) is 0 Å². The van der Waals surface area contributed by atoms with E-state index in [1.54, 1.807) is 6.07 Å². The van der Waals surface area contributed by atoms with Crippen LogP contribution in [0.5, 0.6) is 0 Å². The molecule has 1 atom stereocenters. The average Bonchev–Trinajstić information content (AvgIpc) is 2.38. The number of carbonyl (C=O) groups is 2. The molecule has 0 saturated carbocycles. The molecular weight excluding hydrogens is 244 g/mol. The van der Waals surface area contributed by atoms with Crippen molar-refractivity contribution >= 4 is 28.3 Å². The number of nitrogens with one attached hydrogen (secondary N) is 1. The molecule has 0 aliphatic carbocycles. The smallest absolute Gasteiger partial charge is 0.305 e. The van der Waals surface area contributed by atoms with Crippen LogP contribution in [0.4, 0.5) is 5.69 Å². The van der Waals surface area contributed by atoms with Crippen LogP contribution in [-0.2, 0) is 9.59 Å².